The van der Waals surface area contributed by atoms with Crippen LogP contribution in [0.2, 0.25) is 0 Å². The monoisotopic (exact) mass is 588 g/mol. The van der Waals surface area contributed by atoms with Gasteiger partial charge in [-0.3, -0.25) is 14.5 Å². The maximum absolute atomic E-state index is 13.7. The molecule has 0 bridgehead atoms. The van der Waals surface area contributed by atoms with Crippen molar-refractivity contribution >= 4 is 44.1 Å². The van der Waals surface area contributed by atoms with Crippen LogP contribution in [0, 0.1) is 0 Å². The lowest BCUT2D eigenvalue weighted by Gasteiger charge is -2.24. The third-order valence-corrected chi connectivity index (χ3v) is 7.95. The number of ether oxygens (including phenoxy) is 5. The van der Waals surface area contributed by atoms with Gasteiger partial charge < -0.3 is 28.8 Å². The van der Waals surface area contributed by atoms with Gasteiger partial charge >= 0.3 is 5.91 Å². The Labute approximate surface area is 245 Å². The minimum atomic E-state index is -1.00. The Morgan fingerprint density at radius 1 is 0.976 bits per heavy atom. The van der Waals surface area contributed by atoms with Crippen molar-refractivity contribution in [2.75, 3.05) is 38.4 Å². The van der Waals surface area contributed by atoms with Crippen LogP contribution < -0.4 is 28.6 Å². The van der Waals surface area contributed by atoms with Crippen molar-refractivity contribution in [3.05, 3.63) is 71.3 Å². The van der Waals surface area contributed by atoms with E-state index in [2.05, 4.69) is 4.98 Å². The molecule has 4 aromatic rings. The third-order valence-electron chi connectivity index (χ3n) is 6.93. The largest absolute Gasteiger partial charge is 0.507 e. The van der Waals surface area contributed by atoms with E-state index in [9.17, 15) is 14.7 Å². The van der Waals surface area contributed by atoms with Crippen molar-refractivity contribution in [1.82, 2.24) is 4.98 Å². The Bertz CT molecular complexity index is 1730. The van der Waals surface area contributed by atoms with Gasteiger partial charge in [0.1, 0.15) is 24.7 Å². The molecule has 1 saturated heterocycles. The molecule has 0 aliphatic carbocycles. The average molecular weight is 589 g/mol. The zero-order valence-electron chi connectivity index (χ0n) is 23.2. The topological polar surface area (TPSA) is 117 Å². The molecule has 1 fully saturated rings. The standard InChI is InChI=1S/C31H28N2O8S/c1-4-38-19-8-9-20-25(16-19)42-31(32-20)33-27(17-6-10-21(39-5-2)23(14-17)37-3)26(29(35)30(33)36)28(34)18-7-11-22-24(15-18)41-13-12-40-22/h6-11,14-16,27,34H,4-5,12-13H2,1-3H3/t27-/m0/s1. The van der Waals surface area contributed by atoms with E-state index in [0.29, 0.717) is 77.0 Å². The molecule has 0 spiro atoms. The van der Waals surface area contributed by atoms with Gasteiger partial charge in [-0.25, -0.2) is 4.98 Å². The van der Waals surface area contributed by atoms with Crippen molar-refractivity contribution in [2.24, 2.45) is 0 Å². The number of benzene rings is 3. The number of aliphatic hydroxyl groups excluding tert-OH is 1. The first-order chi connectivity index (χ1) is 20.4. The highest BCUT2D eigenvalue weighted by Crippen LogP contribution is 2.46. The molecule has 1 aromatic heterocycles. The van der Waals surface area contributed by atoms with Gasteiger partial charge in [0, 0.05) is 5.56 Å². The normalized spacial score (nSPS) is 17.5. The number of methoxy groups -OCH3 is 1. The number of fused-ring (bicyclic) bond motifs is 2. The highest BCUT2D eigenvalue weighted by molar-refractivity contribution is 7.22. The van der Waals surface area contributed by atoms with Crippen molar-refractivity contribution in [3.63, 3.8) is 0 Å². The van der Waals surface area contributed by atoms with Crippen LogP contribution in [0.4, 0.5) is 5.13 Å². The van der Waals surface area contributed by atoms with Gasteiger partial charge in [0.05, 0.1) is 42.2 Å². The van der Waals surface area contributed by atoms with Gasteiger partial charge in [0.2, 0.25) is 0 Å². The molecule has 3 heterocycles. The van der Waals surface area contributed by atoms with Gasteiger partial charge in [-0.2, -0.15) is 0 Å². The molecule has 2 aliphatic heterocycles. The summed E-state index contributed by atoms with van der Waals surface area (Å²) < 4.78 is 29.0. The van der Waals surface area contributed by atoms with Crippen molar-refractivity contribution in [1.29, 1.82) is 0 Å². The predicted octanol–water partition coefficient (Wildman–Crippen LogP) is 5.50. The summed E-state index contributed by atoms with van der Waals surface area (Å²) in [5.74, 6) is 0.590. The number of rotatable bonds is 8. The average Bonchev–Trinajstić information content (AvgIpc) is 3.54. The molecule has 42 heavy (non-hydrogen) atoms. The van der Waals surface area contributed by atoms with E-state index >= 15 is 0 Å². The summed E-state index contributed by atoms with van der Waals surface area (Å²) in [4.78, 5) is 33.4. The molecule has 3 aromatic carbocycles. The second-order valence-electron chi connectivity index (χ2n) is 9.43. The van der Waals surface area contributed by atoms with Crippen LogP contribution in [0.15, 0.2) is 60.2 Å². The van der Waals surface area contributed by atoms with E-state index in [0.717, 1.165) is 4.70 Å². The van der Waals surface area contributed by atoms with Crippen molar-refractivity contribution in [2.45, 2.75) is 19.9 Å². The number of nitrogens with zero attached hydrogens (tertiary/aromatic N) is 2. The van der Waals surface area contributed by atoms with Crippen LogP contribution in [0.5, 0.6) is 28.7 Å². The predicted molar refractivity (Wildman–Crippen MR) is 157 cm³/mol. The highest BCUT2D eigenvalue weighted by Gasteiger charge is 2.48. The first kappa shape index (κ1) is 27.4. The first-order valence-electron chi connectivity index (χ1n) is 13.5. The van der Waals surface area contributed by atoms with E-state index in [1.54, 1.807) is 48.5 Å². The number of aliphatic hydroxyl groups is 1. The first-order valence-corrected chi connectivity index (χ1v) is 14.3. The lowest BCUT2D eigenvalue weighted by atomic mass is 9.95. The summed E-state index contributed by atoms with van der Waals surface area (Å²) >= 11 is 1.25. The number of Topliss-reactive ketones (excluding diaryl/α,β-unsaturated/α-hetero) is 1. The third kappa shape index (κ3) is 4.75. The molecular weight excluding hydrogens is 560 g/mol. The molecule has 1 atom stereocenters. The maximum Gasteiger partial charge on any atom is 0.301 e. The Kier molecular flexibility index (Phi) is 7.34. The summed E-state index contributed by atoms with van der Waals surface area (Å²) in [6.07, 6.45) is 0. The van der Waals surface area contributed by atoms with Gasteiger partial charge in [0.25, 0.3) is 5.78 Å². The number of hydrogen-bond donors (Lipinski definition) is 1. The van der Waals surface area contributed by atoms with Crippen LogP contribution >= 0.6 is 11.3 Å². The van der Waals surface area contributed by atoms with E-state index in [1.165, 1.54) is 23.3 Å². The molecule has 11 heteroatoms. The summed E-state index contributed by atoms with van der Waals surface area (Å²) in [7, 11) is 1.51. The number of carbonyl (C=O) groups is 2. The molecule has 10 nitrogen and oxygen atoms in total. The fourth-order valence-corrected chi connectivity index (χ4v) is 6.09. The highest BCUT2D eigenvalue weighted by atomic mass is 32.1. The van der Waals surface area contributed by atoms with E-state index < -0.39 is 17.7 Å². The zero-order chi connectivity index (χ0) is 29.4. The van der Waals surface area contributed by atoms with Crippen LogP contribution in [0.25, 0.3) is 16.0 Å². The number of anilines is 1. The summed E-state index contributed by atoms with van der Waals surface area (Å²) in [5.41, 5.74) is 1.40. The number of amides is 1. The van der Waals surface area contributed by atoms with Crippen molar-refractivity contribution in [3.8, 4) is 28.7 Å². The molecule has 2 aliphatic rings. The number of ketones is 1. The van der Waals surface area contributed by atoms with E-state index in [-0.39, 0.29) is 11.3 Å². The lowest BCUT2D eigenvalue weighted by molar-refractivity contribution is -0.132. The number of aromatic nitrogens is 1. The molecule has 1 N–H and O–H groups in total. The minimum Gasteiger partial charge on any atom is -0.507 e. The quantitative estimate of drug-likeness (QED) is 0.162. The Morgan fingerprint density at radius 3 is 2.52 bits per heavy atom. The lowest BCUT2D eigenvalue weighted by Crippen LogP contribution is -2.29. The number of thiazole rings is 1. The molecule has 0 radical (unpaired) electrons. The van der Waals surface area contributed by atoms with E-state index in [1.807, 2.05) is 19.9 Å². The Balaban J connectivity index is 1.53. The van der Waals surface area contributed by atoms with Crippen LogP contribution in [-0.4, -0.2) is 55.3 Å². The summed E-state index contributed by atoms with van der Waals surface area (Å²) in [6.45, 7) is 5.46. The minimum absolute atomic E-state index is 0.0860. The molecule has 0 saturated carbocycles. The molecule has 216 valence electrons. The number of carbonyl (C=O) groups excluding carboxylic acids is 2. The van der Waals surface area contributed by atoms with Gasteiger partial charge in [-0.1, -0.05) is 17.4 Å². The van der Waals surface area contributed by atoms with E-state index in [4.69, 9.17) is 23.7 Å². The fraction of sp³-hybridized carbons (Fsp3) is 0.258. The van der Waals surface area contributed by atoms with Gasteiger partial charge in [-0.15, -0.1) is 0 Å². The summed E-state index contributed by atoms with van der Waals surface area (Å²) in [6, 6.07) is 14.5. The Hall–Kier alpha value is -4.77. The Morgan fingerprint density at radius 2 is 1.76 bits per heavy atom. The second-order valence-corrected chi connectivity index (χ2v) is 10.4. The van der Waals surface area contributed by atoms with Gasteiger partial charge in [0.15, 0.2) is 28.1 Å². The van der Waals surface area contributed by atoms with Crippen LogP contribution in [0.3, 0.4) is 0 Å². The SMILES string of the molecule is CCOc1ccc2nc(N3C(=O)C(=O)C(=C(O)c4ccc5c(c4)OCCO5)[C@@H]3c3ccc(OCC)c(OC)c3)sc2c1. The summed E-state index contributed by atoms with van der Waals surface area (Å²) in [5, 5.41) is 11.9. The molecule has 0 unspecified atom stereocenters. The maximum atomic E-state index is 13.7. The molecule has 1 amide bonds. The fourth-order valence-electron chi connectivity index (χ4n) is 5.07. The van der Waals surface area contributed by atoms with Crippen LogP contribution in [0.1, 0.15) is 31.0 Å². The van der Waals surface area contributed by atoms with Crippen molar-refractivity contribution < 1.29 is 38.4 Å². The zero-order valence-corrected chi connectivity index (χ0v) is 24.0. The smallest absolute Gasteiger partial charge is 0.301 e. The number of hydrogen-bond acceptors (Lipinski definition) is 10. The van der Waals surface area contributed by atoms with Crippen LogP contribution in [-0.2, 0) is 9.59 Å². The van der Waals surface area contributed by atoms with Gasteiger partial charge in [-0.05, 0) is 67.9 Å². The molecular formula is C31H28N2O8S. The molecule has 6 rings (SSSR count). The second kappa shape index (κ2) is 11.2.